The van der Waals surface area contributed by atoms with E-state index < -0.39 is 0 Å². The number of quaternary nitrogens is 1. The Kier molecular flexibility index (Phi) is 10.8. The molecule has 4 saturated carbocycles. The first kappa shape index (κ1) is 34.5. The van der Waals surface area contributed by atoms with Crippen molar-refractivity contribution in [2.75, 3.05) is 33.2 Å². The number of esters is 2. The highest BCUT2D eigenvalue weighted by atomic mass is 79.9. The van der Waals surface area contributed by atoms with Crippen molar-refractivity contribution in [3.63, 3.8) is 0 Å². The van der Waals surface area contributed by atoms with Crippen molar-refractivity contribution >= 4 is 24.3 Å². The summed E-state index contributed by atoms with van der Waals surface area (Å²) in [6.07, 6.45) is 16.3. The molecule has 6 fully saturated rings. The Bertz CT molecular complexity index is 971. The Hall–Kier alpha value is -0.370. The first-order valence-electron chi connectivity index (χ1n) is 17.0. The highest BCUT2D eigenvalue weighted by Crippen LogP contribution is 2.67. The third-order valence-electron chi connectivity index (χ3n) is 13.7. The van der Waals surface area contributed by atoms with Gasteiger partial charge in [0.15, 0.2) is 6.10 Å². The number of hydrogen-bond donors (Lipinski definition) is 0. The van der Waals surface area contributed by atoms with Crippen molar-refractivity contribution in [1.29, 1.82) is 0 Å². The fourth-order valence-electron chi connectivity index (χ4n) is 11.7. The monoisotopic (exact) mass is 672 g/mol. The maximum atomic E-state index is 12.5. The minimum Gasteiger partial charge on any atom is -1.00 e. The van der Waals surface area contributed by atoms with Crippen LogP contribution in [0.2, 0.25) is 0 Å². The molecule has 10 atom stereocenters. The average Bonchev–Trinajstić information content (AvgIpc) is 3.21. The molecule has 0 aromatic rings. The zero-order chi connectivity index (χ0) is 28.3. The molecule has 0 amide bonds. The number of piperidine rings is 2. The number of likely N-dealkylation sites (tertiary alicyclic amines) is 2. The van der Waals surface area contributed by atoms with Gasteiger partial charge >= 0.3 is 11.9 Å². The minimum atomic E-state index is -0.111. The lowest BCUT2D eigenvalue weighted by Crippen LogP contribution is -3.00. The van der Waals surface area contributed by atoms with Crippen LogP contribution in [0, 0.1) is 34.5 Å². The summed E-state index contributed by atoms with van der Waals surface area (Å²) in [5, 5.41) is 0. The summed E-state index contributed by atoms with van der Waals surface area (Å²) in [5.74, 6) is 2.50. The second-order valence-corrected chi connectivity index (χ2v) is 15.8. The quantitative estimate of drug-likeness (QED) is 0.339. The predicted octanol–water partition coefficient (Wildman–Crippen LogP) is 3.39. The third kappa shape index (κ3) is 5.96. The number of nitrogens with zero attached hydrogens (tertiary/aromatic N) is 2. The van der Waals surface area contributed by atoms with Gasteiger partial charge in [-0.05, 0) is 113 Å². The molecule has 0 spiro atoms. The van der Waals surface area contributed by atoms with Gasteiger partial charge in [-0.25, -0.2) is 0 Å². The summed E-state index contributed by atoms with van der Waals surface area (Å²) in [4.78, 5) is 27.4. The van der Waals surface area contributed by atoms with Gasteiger partial charge in [0, 0.05) is 31.7 Å². The standard InChI is InChI=1S/C34H57N2O4.BrH.ClH/c1-23(37)39-31-20-25-12-13-26-27(34(25,4)22-29(31)35-16-8-6-9-17-35)14-15-33(3)28(26)21-30(32(33)40-24(2)38)36(5)18-10-7-11-19-36;;/h25-32H,6-22H2,1-5H3;2*1H/q+1;;/p-1/t25?,26-,27-,28+,29?,30?,31?,32?,33+,34+;;/m1../s1. The molecular formula is C34H58BrClN2O4. The number of hydrogen-bond acceptors (Lipinski definition) is 5. The molecule has 6 aliphatic rings. The van der Waals surface area contributed by atoms with Gasteiger partial charge in [-0.15, -0.1) is 12.4 Å². The van der Waals surface area contributed by atoms with E-state index in [1.807, 2.05) is 0 Å². The molecule has 0 bridgehead atoms. The molecule has 8 heteroatoms. The molecule has 2 saturated heterocycles. The lowest BCUT2D eigenvalue weighted by Gasteiger charge is -2.62. The van der Waals surface area contributed by atoms with Crippen molar-refractivity contribution in [3.05, 3.63) is 0 Å². The molecule has 0 aromatic heterocycles. The van der Waals surface area contributed by atoms with Crippen molar-refractivity contribution in [3.8, 4) is 0 Å². The molecule has 0 aromatic carbocycles. The largest absolute Gasteiger partial charge is 1.00 e. The fourth-order valence-corrected chi connectivity index (χ4v) is 11.7. The van der Waals surface area contributed by atoms with Crippen molar-refractivity contribution in [2.24, 2.45) is 34.5 Å². The van der Waals surface area contributed by atoms with Gasteiger partial charge in [-0.2, -0.15) is 0 Å². The molecule has 6 rings (SSSR count). The summed E-state index contributed by atoms with van der Waals surface area (Å²) in [6, 6.07) is 0.796. The molecule has 2 aliphatic heterocycles. The highest BCUT2D eigenvalue weighted by Gasteiger charge is 2.67. The Labute approximate surface area is 272 Å². The van der Waals surface area contributed by atoms with E-state index in [4.69, 9.17) is 9.47 Å². The Morgan fingerprint density at radius 2 is 1.45 bits per heavy atom. The molecule has 6 nitrogen and oxygen atoms in total. The van der Waals surface area contributed by atoms with Crippen LogP contribution in [0.3, 0.4) is 0 Å². The normalized spacial score (nSPS) is 44.7. The first-order chi connectivity index (χ1) is 19.0. The number of ether oxygens (including phenoxy) is 2. The number of carbonyl (C=O) groups is 2. The van der Waals surface area contributed by atoms with E-state index in [1.165, 1.54) is 90.1 Å². The molecule has 4 aliphatic carbocycles. The van der Waals surface area contributed by atoms with Gasteiger partial charge in [0.25, 0.3) is 0 Å². The minimum absolute atomic E-state index is 0. The zero-order valence-corrected chi connectivity index (χ0v) is 29.4. The van der Waals surface area contributed by atoms with Gasteiger partial charge in [0.05, 0.1) is 20.1 Å². The molecule has 0 N–H and O–H groups in total. The van der Waals surface area contributed by atoms with Crippen LogP contribution in [0.4, 0.5) is 0 Å². The highest BCUT2D eigenvalue weighted by molar-refractivity contribution is 5.85. The smallest absolute Gasteiger partial charge is 0.303 e. The summed E-state index contributed by atoms with van der Waals surface area (Å²) < 4.78 is 13.5. The van der Waals surface area contributed by atoms with E-state index >= 15 is 0 Å². The summed E-state index contributed by atoms with van der Waals surface area (Å²) in [5.41, 5.74) is 0.377. The van der Waals surface area contributed by atoms with Crippen LogP contribution in [0.15, 0.2) is 0 Å². The van der Waals surface area contributed by atoms with Gasteiger partial charge in [0.2, 0.25) is 0 Å². The number of fused-ring (bicyclic) bond motifs is 5. The maximum absolute atomic E-state index is 12.5. The van der Waals surface area contributed by atoms with E-state index in [1.54, 1.807) is 13.8 Å². The van der Waals surface area contributed by atoms with Crippen molar-refractivity contribution in [1.82, 2.24) is 4.90 Å². The topological polar surface area (TPSA) is 55.8 Å². The van der Waals surface area contributed by atoms with Gasteiger partial charge in [0.1, 0.15) is 12.1 Å². The average molecular weight is 674 g/mol. The number of likely N-dealkylation sites (N-methyl/N-ethyl adjacent to an activating group) is 1. The Balaban J connectivity index is 0.00000202. The van der Waals surface area contributed by atoms with E-state index in [0.29, 0.717) is 35.3 Å². The number of halogens is 2. The summed E-state index contributed by atoms with van der Waals surface area (Å²) in [7, 11) is 2.47. The van der Waals surface area contributed by atoms with Crippen molar-refractivity contribution in [2.45, 2.75) is 135 Å². The lowest BCUT2D eigenvalue weighted by molar-refractivity contribution is -0.940. The second-order valence-electron chi connectivity index (χ2n) is 15.8. The van der Waals surface area contributed by atoms with Crippen LogP contribution < -0.4 is 17.0 Å². The fraction of sp³-hybridized carbons (Fsp3) is 0.941. The van der Waals surface area contributed by atoms with E-state index in [0.717, 1.165) is 29.9 Å². The summed E-state index contributed by atoms with van der Waals surface area (Å²) >= 11 is 0. The number of rotatable bonds is 4. The van der Waals surface area contributed by atoms with Gasteiger partial charge in [-0.3, -0.25) is 14.5 Å². The van der Waals surface area contributed by atoms with Crippen LogP contribution in [0.1, 0.15) is 111 Å². The lowest BCUT2D eigenvalue weighted by atomic mass is 9.44. The molecule has 2 heterocycles. The van der Waals surface area contributed by atoms with E-state index in [9.17, 15) is 9.59 Å². The number of carbonyl (C=O) groups excluding carboxylic acids is 2. The molecule has 5 unspecified atom stereocenters. The predicted molar refractivity (Wildman–Crippen MR) is 164 cm³/mol. The Morgan fingerprint density at radius 3 is 2.10 bits per heavy atom. The van der Waals surface area contributed by atoms with Crippen LogP contribution in [-0.2, 0) is 19.1 Å². The summed E-state index contributed by atoms with van der Waals surface area (Å²) in [6.45, 7) is 13.1. The van der Waals surface area contributed by atoms with Crippen LogP contribution in [0.5, 0.6) is 0 Å². The Morgan fingerprint density at radius 1 is 0.810 bits per heavy atom. The first-order valence-corrected chi connectivity index (χ1v) is 17.0. The van der Waals surface area contributed by atoms with Crippen LogP contribution >= 0.6 is 12.4 Å². The molecule has 42 heavy (non-hydrogen) atoms. The van der Waals surface area contributed by atoms with Gasteiger partial charge in [-0.1, -0.05) is 20.3 Å². The van der Waals surface area contributed by atoms with Crippen LogP contribution in [0.25, 0.3) is 0 Å². The SMILES string of the molecule is CC(=O)OC1CC2CC[C@@H]3[C@@H](CC[C@]4(C)C(OC(C)=O)C([N+]5(C)CCCCC5)C[C@@H]34)[C@@]2(C)CC1N1CCCCC1.Cl.[Br-]. The zero-order valence-electron chi connectivity index (χ0n) is 27.0. The maximum Gasteiger partial charge on any atom is 0.303 e. The van der Waals surface area contributed by atoms with E-state index in [-0.39, 0.29) is 59.0 Å². The molecule has 242 valence electrons. The molecular weight excluding hydrogens is 616 g/mol. The molecule has 0 radical (unpaired) electrons. The third-order valence-corrected chi connectivity index (χ3v) is 13.7. The second kappa shape index (κ2) is 13.2. The van der Waals surface area contributed by atoms with Gasteiger partial charge < -0.3 is 30.9 Å². The van der Waals surface area contributed by atoms with Crippen molar-refractivity contribution < 1.29 is 40.5 Å². The van der Waals surface area contributed by atoms with Crippen LogP contribution in [-0.4, -0.2) is 78.8 Å². The van der Waals surface area contributed by atoms with E-state index in [2.05, 4.69) is 25.8 Å².